The molecule has 2 aromatic carbocycles. The molecule has 2 heterocycles. The van der Waals surface area contributed by atoms with Gasteiger partial charge in [0, 0.05) is 11.5 Å². The van der Waals surface area contributed by atoms with Gasteiger partial charge < -0.3 is 9.73 Å². The van der Waals surface area contributed by atoms with Crippen LogP contribution in [0.15, 0.2) is 51.8 Å². The summed E-state index contributed by atoms with van der Waals surface area (Å²) in [5, 5.41) is 7.35. The van der Waals surface area contributed by atoms with Crippen LogP contribution < -0.4 is 10.9 Å². The molecular weight excluding hydrogens is 356 g/mol. The SMILES string of the molecule is Cc1ccc2oc(=O)c3cnn(CC(=O)Nc4ccc(F)cc4F)c3c2c1. The summed E-state index contributed by atoms with van der Waals surface area (Å²) in [5.74, 6) is -2.19. The van der Waals surface area contributed by atoms with Gasteiger partial charge in [-0.25, -0.2) is 13.6 Å². The summed E-state index contributed by atoms with van der Waals surface area (Å²) in [5.41, 5.74) is 1.09. The van der Waals surface area contributed by atoms with Crippen LogP contribution in [-0.2, 0) is 11.3 Å². The lowest BCUT2D eigenvalue weighted by molar-refractivity contribution is -0.116. The van der Waals surface area contributed by atoms with Crippen molar-refractivity contribution in [1.82, 2.24) is 9.78 Å². The van der Waals surface area contributed by atoms with E-state index in [9.17, 15) is 18.4 Å². The molecule has 136 valence electrons. The van der Waals surface area contributed by atoms with E-state index in [-0.39, 0.29) is 17.6 Å². The average molecular weight is 369 g/mol. The number of nitrogens with zero attached hydrogens (tertiary/aromatic N) is 2. The quantitative estimate of drug-likeness (QED) is 0.562. The molecule has 6 nitrogen and oxygen atoms in total. The van der Waals surface area contributed by atoms with Crippen LogP contribution in [0.1, 0.15) is 5.56 Å². The minimum Gasteiger partial charge on any atom is -0.422 e. The number of rotatable bonds is 3. The lowest BCUT2D eigenvalue weighted by atomic mass is 10.1. The van der Waals surface area contributed by atoms with Gasteiger partial charge in [-0.2, -0.15) is 5.10 Å². The standard InChI is InChI=1S/C19H13F2N3O3/c1-10-2-5-16-12(6-10)18-13(19(26)27-16)8-22-24(18)9-17(25)23-15-4-3-11(20)7-14(15)21/h2-8H,9H2,1H3,(H,23,25). The van der Waals surface area contributed by atoms with Gasteiger partial charge in [-0.05, 0) is 31.2 Å². The third-order valence-corrected chi connectivity index (χ3v) is 4.15. The molecule has 1 amide bonds. The molecule has 4 rings (SSSR count). The Morgan fingerprint density at radius 3 is 2.78 bits per heavy atom. The van der Waals surface area contributed by atoms with Gasteiger partial charge in [-0.1, -0.05) is 11.6 Å². The molecule has 0 fully saturated rings. The van der Waals surface area contributed by atoms with E-state index in [1.807, 2.05) is 19.1 Å². The molecular formula is C19H13F2N3O3. The lowest BCUT2D eigenvalue weighted by Crippen LogP contribution is -2.20. The van der Waals surface area contributed by atoms with Gasteiger partial charge >= 0.3 is 5.63 Å². The van der Waals surface area contributed by atoms with Crippen molar-refractivity contribution >= 4 is 33.5 Å². The lowest BCUT2D eigenvalue weighted by Gasteiger charge is -2.08. The topological polar surface area (TPSA) is 77.1 Å². The van der Waals surface area contributed by atoms with Gasteiger partial charge in [0.05, 0.1) is 17.4 Å². The minimum atomic E-state index is -0.879. The van der Waals surface area contributed by atoms with Crippen LogP contribution in [0.2, 0.25) is 0 Å². The number of carbonyl (C=O) groups is 1. The Balaban J connectivity index is 1.73. The van der Waals surface area contributed by atoms with Crippen LogP contribution in [-0.4, -0.2) is 15.7 Å². The number of aryl methyl sites for hydroxylation is 1. The summed E-state index contributed by atoms with van der Waals surface area (Å²) >= 11 is 0. The third kappa shape index (κ3) is 3.05. The van der Waals surface area contributed by atoms with Gasteiger partial charge in [-0.15, -0.1) is 0 Å². The molecule has 8 heteroatoms. The molecule has 1 N–H and O–H groups in total. The van der Waals surface area contributed by atoms with Crippen molar-refractivity contribution in [3.05, 3.63) is 70.2 Å². The first-order valence-corrected chi connectivity index (χ1v) is 8.06. The summed E-state index contributed by atoms with van der Waals surface area (Å²) in [6.45, 7) is 1.63. The molecule has 0 atom stereocenters. The molecule has 0 radical (unpaired) electrons. The normalized spacial score (nSPS) is 11.2. The predicted octanol–water partition coefficient (Wildman–Crippen LogP) is 3.37. The van der Waals surface area contributed by atoms with E-state index in [1.54, 1.807) is 6.07 Å². The van der Waals surface area contributed by atoms with E-state index in [4.69, 9.17) is 4.42 Å². The summed E-state index contributed by atoms with van der Waals surface area (Å²) < 4.78 is 33.3. The third-order valence-electron chi connectivity index (χ3n) is 4.15. The number of nitrogens with one attached hydrogen (secondary N) is 1. The van der Waals surface area contributed by atoms with Gasteiger partial charge in [0.15, 0.2) is 0 Å². The fourth-order valence-electron chi connectivity index (χ4n) is 2.93. The fraction of sp³-hybridized carbons (Fsp3) is 0.105. The Labute approximate surface area is 151 Å². The smallest absolute Gasteiger partial charge is 0.347 e. The number of halogens is 2. The molecule has 0 bridgehead atoms. The monoisotopic (exact) mass is 369 g/mol. The zero-order chi connectivity index (χ0) is 19.1. The molecule has 2 aromatic heterocycles. The molecule has 4 aromatic rings. The molecule has 0 aliphatic heterocycles. The number of aromatic nitrogens is 2. The highest BCUT2D eigenvalue weighted by Crippen LogP contribution is 2.24. The second-order valence-corrected chi connectivity index (χ2v) is 6.13. The summed E-state index contributed by atoms with van der Waals surface area (Å²) in [6, 6.07) is 8.18. The second-order valence-electron chi connectivity index (χ2n) is 6.13. The van der Waals surface area contributed by atoms with Gasteiger partial charge in [0.1, 0.15) is 29.1 Å². The second kappa shape index (κ2) is 6.31. The highest BCUT2D eigenvalue weighted by Gasteiger charge is 2.16. The maximum atomic E-state index is 13.7. The zero-order valence-corrected chi connectivity index (χ0v) is 14.1. The number of amides is 1. The Kier molecular flexibility index (Phi) is 3.95. The Bertz CT molecular complexity index is 1260. The van der Waals surface area contributed by atoms with Crippen molar-refractivity contribution in [2.45, 2.75) is 13.5 Å². The first-order valence-electron chi connectivity index (χ1n) is 8.06. The Morgan fingerprint density at radius 1 is 1.19 bits per heavy atom. The highest BCUT2D eigenvalue weighted by molar-refractivity contribution is 6.03. The highest BCUT2D eigenvalue weighted by atomic mass is 19.1. The van der Waals surface area contributed by atoms with Crippen LogP contribution in [0.3, 0.4) is 0 Å². The first-order chi connectivity index (χ1) is 12.9. The van der Waals surface area contributed by atoms with Gasteiger partial charge in [-0.3, -0.25) is 9.48 Å². The Hall–Kier alpha value is -3.55. The molecule has 0 aliphatic rings. The Morgan fingerprint density at radius 2 is 2.00 bits per heavy atom. The molecule has 27 heavy (non-hydrogen) atoms. The number of carbonyl (C=O) groups excluding carboxylic acids is 1. The summed E-state index contributed by atoms with van der Waals surface area (Å²) in [6.07, 6.45) is 1.33. The van der Waals surface area contributed by atoms with Crippen molar-refractivity contribution < 1.29 is 18.0 Å². The predicted molar refractivity (Wildman–Crippen MR) is 95.5 cm³/mol. The van der Waals surface area contributed by atoms with Crippen molar-refractivity contribution in [1.29, 1.82) is 0 Å². The van der Waals surface area contributed by atoms with Crippen LogP contribution >= 0.6 is 0 Å². The van der Waals surface area contributed by atoms with Gasteiger partial charge in [0.2, 0.25) is 5.91 Å². The number of hydrogen-bond acceptors (Lipinski definition) is 4. The van der Waals surface area contributed by atoms with Crippen molar-refractivity contribution in [2.24, 2.45) is 0 Å². The van der Waals surface area contributed by atoms with Crippen molar-refractivity contribution in [2.75, 3.05) is 5.32 Å². The van der Waals surface area contributed by atoms with Crippen LogP contribution in [0.5, 0.6) is 0 Å². The van der Waals surface area contributed by atoms with Gasteiger partial charge in [0.25, 0.3) is 0 Å². The summed E-state index contributed by atoms with van der Waals surface area (Å²) in [4.78, 5) is 24.5. The van der Waals surface area contributed by atoms with Crippen molar-refractivity contribution in [3.63, 3.8) is 0 Å². The minimum absolute atomic E-state index is 0.141. The molecule has 0 spiro atoms. The van der Waals surface area contributed by atoms with E-state index in [0.29, 0.717) is 22.6 Å². The number of benzene rings is 2. The van der Waals surface area contributed by atoms with E-state index in [1.165, 1.54) is 10.9 Å². The van der Waals surface area contributed by atoms with Crippen LogP contribution in [0, 0.1) is 18.6 Å². The van der Waals surface area contributed by atoms with E-state index in [0.717, 1.165) is 17.7 Å². The maximum absolute atomic E-state index is 13.7. The maximum Gasteiger partial charge on any atom is 0.347 e. The number of hydrogen-bond donors (Lipinski definition) is 1. The van der Waals surface area contributed by atoms with Crippen molar-refractivity contribution in [3.8, 4) is 0 Å². The molecule has 0 aliphatic carbocycles. The first kappa shape index (κ1) is 16.9. The van der Waals surface area contributed by atoms with Crippen LogP contribution in [0.25, 0.3) is 21.9 Å². The zero-order valence-electron chi connectivity index (χ0n) is 14.1. The number of fused-ring (bicyclic) bond motifs is 3. The van der Waals surface area contributed by atoms with Crippen LogP contribution in [0.4, 0.5) is 14.5 Å². The van der Waals surface area contributed by atoms with E-state index in [2.05, 4.69) is 10.4 Å². The summed E-state index contributed by atoms with van der Waals surface area (Å²) in [7, 11) is 0. The van der Waals surface area contributed by atoms with E-state index >= 15 is 0 Å². The largest absolute Gasteiger partial charge is 0.422 e. The average Bonchev–Trinajstić information content (AvgIpc) is 3.03. The fourth-order valence-corrected chi connectivity index (χ4v) is 2.93. The molecule has 0 unspecified atom stereocenters. The van der Waals surface area contributed by atoms with E-state index < -0.39 is 23.2 Å². The molecule has 0 saturated carbocycles. The number of anilines is 1. The molecule has 0 saturated heterocycles.